The molecule has 79 heavy (non-hydrogen) atoms. The van der Waals surface area contributed by atoms with Crippen LogP contribution in [-0.2, 0) is 47.6 Å². The summed E-state index contributed by atoms with van der Waals surface area (Å²) >= 11 is 0. The predicted molar refractivity (Wildman–Crippen MR) is 293 cm³/mol. The van der Waals surface area contributed by atoms with Crippen molar-refractivity contribution in [3.63, 3.8) is 0 Å². The van der Waals surface area contributed by atoms with Gasteiger partial charge in [-0.05, 0) is 150 Å². The lowest BCUT2D eigenvalue weighted by atomic mass is 9.46. The van der Waals surface area contributed by atoms with E-state index < -0.39 is 118 Å². The van der Waals surface area contributed by atoms with Gasteiger partial charge >= 0.3 is 5.97 Å². The normalized spacial score (nSPS) is 48.7. The summed E-state index contributed by atoms with van der Waals surface area (Å²) in [5, 5.41) is 76.2. The van der Waals surface area contributed by atoms with Gasteiger partial charge in [0, 0.05) is 75.3 Å². The number of nitrogens with one attached hydrogen (secondary N) is 1. The quantitative estimate of drug-likeness (QED) is 0.107. The van der Waals surface area contributed by atoms with Crippen LogP contribution in [-0.4, -0.2) is 201 Å². The average Bonchev–Trinajstić information content (AvgIpc) is 3.96. The molecule has 1 amide bonds. The first kappa shape index (κ1) is 64.1. The monoisotopic (exact) mass is 1120 g/mol. The van der Waals surface area contributed by atoms with E-state index in [1.54, 1.807) is 54.5 Å². The van der Waals surface area contributed by atoms with E-state index in [1.165, 1.54) is 14.0 Å². The number of rotatable bonds is 12. The zero-order valence-corrected chi connectivity index (χ0v) is 50.2. The second-order valence-corrected chi connectivity index (χ2v) is 27.1. The number of allylic oxidation sites excluding steroid dienone is 1. The van der Waals surface area contributed by atoms with Crippen molar-refractivity contribution in [3.05, 3.63) is 11.6 Å². The topological polar surface area (TPSA) is 264 Å². The highest BCUT2D eigenvalue weighted by atomic mass is 16.7. The third kappa shape index (κ3) is 12.2. The highest BCUT2D eigenvalue weighted by molar-refractivity contribution is 5.94. The van der Waals surface area contributed by atoms with Gasteiger partial charge in [-0.25, -0.2) is 0 Å². The van der Waals surface area contributed by atoms with Crippen LogP contribution in [0.1, 0.15) is 160 Å². The van der Waals surface area contributed by atoms with Gasteiger partial charge in [0.15, 0.2) is 18.4 Å². The van der Waals surface area contributed by atoms with E-state index >= 15 is 0 Å². The first-order chi connectivity index (χ1) is 36.7. The number of methoxy groups -OCH3 is 1. The van der Waals surface area contributed by atoms with E-state index in [9.17, 15) is 49.8 Å². The Morgan fingerprint density at radius 3 is 2.23 bits per heavy atom. The Hall–Kier alpha value is -2.50. The Morgan fingerprint density at radius 2 is 1.58 bits per heavy atom. The molecule has 0 spiro atoms. The Balaban J connectivity index is 1.15. The number of aliphatic hydroxyl groups excluding tert-OH is 3. The number of ether oxygens (including phenoxy) is 6. The van der Waals surface area contributed by atoms with Crippen molar-refractivity contribution in [1.29, 1.82) is 0 Å². The molecule has 0 bridgehead atoms. The Kier molecular flexibility index (Phi) is 19.7. The maximum Gasteiger partial charge on any atom is 0.311 e. The number of amides is 1. The lowest BCUT2D eigenvalue weighted by molar-refractivity contribution is -0.318. The summed E-state index contributed by atoms with van der Waals surface area (Å²) in [5.74, 6) is -3.72. The largest absolute Gasteiger partial charge is 0.459 e. The molecule has 0 aromatic rings. The molecule has 6 fully saturated rings. The molecular formula is C60H101N3O16. The molecule has 3 heterocycles. The van der Waals surface area contributed by atoms with Crippen LogP contribution in [0.15, 0.2) is 11.6 Å². The number of hydrogen-bond donors (Lipinski definition) is 7. The fraction of sp³-hybridized carbons (Fsp3) is 0.900. The number of carbonyl (C=O) groups is 4. The van der Waals surface area contributed by atoms with Gasteiger partial charge in [-0.2, -0.15) is 0 Å². The summed E-state index contributed by atoms with van der Waals surface area (Å²) in [5.41, 5.74) is -6.89. The Morgan fingerprint density at radius 1 is 0.899 bits per heavy atom. The van der Waals surface area contributed by atoms with Gasteiger partial charge in [0.25, 0.3) is 5.91 Å². The molecule has 3 aliphatic heterocycles. The number of Topliss-reactive ketones (excluding diaryl/α,β-unsaturated/α-hetero) is 1. The molecule has 3 saturated heterocycles. The molecule has 9 unspecified atom stereocenters. The molecule has 0 aromatic heterocycles. The fourth-order valence-electron chi connectivity index (χ4n) is 16.3. The van der Waals surface area contributed by atoms with E-state index in [-0.39, 0.29) is 92.6 Å². The molecule has 7 N–H and O–H groups in total. The molecule has 19 nitrogen and oxygen atoms in total. The van der Waals surface area contributed by atoms with Crippen molar-refractivity contribution >= 4 is 23.4 Å². The van der Waals surface area contributed by atoms with Crippen molar-refractivity contribution in [2.24, 2.45) is 46.3 Å². The summed E-state index contributed by atoms with van der Waals surface area (Å²) in [6, 6.07) is -1.11. The van der Waals surface area contributed by atoms with Crippen LogP contribution in [0, 0.1) is 46.3 Å². The predicted octanol–water partition coefficient (Wildman–Crippen LogP) is 4.22. The van der Waals surface area contributed by atoms with Crippen molar-refractivity contribution in [2.45, 2.75) is 256 Å². The zero-order chi connectivity index (χ0) is 58.7. The van der Waals surface area contributed by atoms with Gasteiger partial charge in [-0.1, -0.05) is 40.2 Å². The highest BCUT2D eigenvalue weighted by Crippen LogP contribution is 2.66. The first-order valence-electron chi connectivity index (χ1n) is 29.7. The number of esters is 1. The van der Waals surface area contributed by atoms with Gasteiger partial charge in [0.05, 0.1) is 41.5 Å². The van der Waals surface area contributed by atoms with Crippen LogP contribution in [0.25, 0.3) is 0 Å². The number of ketones is 2. The number of likely N-dealkylation sites (N-methyl/N-ethyl adjacent to an activating group) is 1. The smallest absolute Gasteiger partial charge is 0.311 e. The van der Waals surface area contributed by atoms with E-state index in [0.717, 1.165) is 18.4 Å². The number of aliphatic hydroxyl groups is 6. The number of hydrogen-bond acceptors (Lipinski definition) is 18. The third-order valence-electron chi connectivity index (χ3n) is 21.1. The second-order valence-electron chi connectivity index (χ2n) is 27.1. The van der Waals surface area contributed by atoms with E-state index in [0.29, 0.717) is 38.6 Å². The molecule has 452 valence electrons. The van der Waals surface area contributed by atoms with Gasteiger partial charge < -0.3 is 69.3 Å². The van der Waals surface area contributed by atoms with Crippen LogP contribution < -0.4 is 5.32 Å². The van der Waals surface area contributed by atoms with Gasteiger partial charge in [0.1, 0.15) is 41.4 Å². The van der Waals surface area contributed by atoms with Crippen molar-refractivity contribution < 1.29 is 78.2 Å². The maximum absolute atomic E-state index is 14.7. The van der Waals surface area contributed by atoms with E-state index in [1.807, 2.05) is 44.7 Å². The van der Waals surface area contributed by atoms with Gasteiger partial charge in [-0.15, -0.1) is 0 Å². The van der Waals surface area contributed by atoms with Crippen LogP contribution in [0.5, 0.6) is 0 Å². The summed E-state index contributed by atoms with van der Waals surface area (Å²) in [6.45, 7) is 22.1. The average molecular weight is 1120 g/mol. The summed E-state index contributed by atoms with van der Waals surface area (Å²) in [7, 11) is 5.23. The van der Waals surface area contributed by atoms with Crippen LogP contribution >= 0.6 is 0 Å². The van der Waals surface area contributed by atoms with Crippen LogP contribution in [0.2, 0.25) is 0 Å². The lowest BCUT2D eigenvalue weighted by Crippen LogP contribution is -2.62. The van der Waals surface area contributed by atoms with Gasteiger partial charge in [-0.3, -0.25) is 24.1 Å². The minimum atomic E-state index is -1.98. The van der Waals surface area contributed by atoms with E-state index in [4.69, 9.17) is 28.4 Å². The lowest BCUT2D eigenvalue weighted by Gasteiger charge is -2.57. The van der Waals surface area contributed by atoms with Crippen molar-refractivity contribution in [3.8, 4) is 0 Å². The molecular weight excluding hydrogens is 1020 g/mol. The number of nitrogens with zero attached hydrogens (tertiary/aromatic N) is 2. The van der Waals surface area contributed by atoms with E-state index in [2.05, 4.69) is 12.2 Å². The first-order valence-corrected chi connectivity index (χ1v) is 29.7. The number of fused-ring (bicyclic) bond motifs is 5. The molecule has 0 aromatic carbocycles. The molecule has 7 aliphatic rings. The highest BCUT2D eigenvalue weighted by Gasteiger charge is 2.69. The summed E-state index contributed by atoms with van der Waals surface area (Å²) in [4.78, 5) is 59.8. The van der Waals surface area contributed by atoms with Crippen molar-refractivity contribution in [1.82, 2.24) is 15.1 Å². The molecule has 3 saturated carbocycles. The third-order valence-corrected chi connectivity index (χ3v) is 21.1. The number of cyclic esters (lactones) is 1. The Labute approximate surface area is 470 Å². The minimum Gasteiger partial charge on any atom is -0.459 e. The second kappa shape index (κ2) is 24.2. The Bertz CT molecular complexity index is 2210. The van der Waals surface area contributed by atoms with Crippen molar-refractivity contribution in [2.75, 3.05) is 40.8 Å². The molecule has 7 rings (SSSR count). The molecule has 24 atom stereocenters. The minimum absolute atomic E-state index is 0.00234. The SMILES string of the molecule is CC[C@H]1OC(=O)C(C)[C@@H](OC2C[C@](C)(OC)[C@H](O)C(C)O2)[C@H](C)[C@@H](OC2OC(C)CC(N(C)C)[C@H]2O)[C@](C)(O)C[C@@H](C)CN(CCCNC(=O)[C@@]2(O)CCC3C4CCC5=CC(=O)CC[C@]5(C)C4C(=O)C[C@@]32C)[C@H](C)[C@@H](O)[C@]1(C)O. The summed E-state index contributed by atoms with van der Waals surface area (Å²) < 4.78 is 38.3. The fourth-order valence-corrected chi connectivity index (χ4v) is 16.3. The standard InChI is InChI=1S/C60H101N3O16/c1-16-44-59(12,72)49(67)36(6)63(25-17-24-61-54(70)60(73)23-21-41-40-19-18-38-27-39(64)20-22-55(38,8)46(40)43(65)29-56(41,60)9)31-32(2)28-57(10,71)51(79-53-47(66)42(62(13)14)26-33(3)75-53)34(4)48(35(5)52(69)77-44)78-45-30-58(11,74-15)50(68)37(7)76-45/h27,32-37,40-42,44-51,53,66-68,71-73H,16-26,28-31H2,1-15H3,(H,61,70)/t32-,33?,34+,35?,36-,37?,40?,41?,42?,44-,45?,46?,47-,48+,49-,50-,51-,53?,55+,56+,57-,58+,59-,60+/m1/s1. The molecule has 4 aliphatic carbocycles. The van der Waals surface area contributed by atoms with Crippen LogP contribution in [0.4, 0.5) is 0 Å². The van der Waals surface area contributed by atoms with Crippen LogP contribution in [0.3, 0.4) is 0 Å². The molecule has 0 radical (unpaired) electrons. The molecule has 19 heteroatoms. The maximum atomic E-state index is 14.7. The zero-order valence-electron chi connectivity index (χ0n) is 50.2. The van der Waals surface area contributed by atoms with Gasteiger partial charge in [0.2, 0.25) is 0 Å². The summed E-state index contributed by atoms with van der Waals surface area (Å²) in [6.07, 6.45) is -4.03. The number of carbonyl (C=O) groups excluding carboxylic acids is 4.